The average Bonchev–Trinajstić information content (AvgIpc) is 2.58. The molecule has 0 aliphatic carbocycles. The Morgan fingerprint density at radius 1 is 1.33 bits per heavy atom. The van der Waals surface area contributed by atoms with Crippen molar-refractivity contribution in [3.05, 3.63) is 68.7 Å². The van der Waals surface area contributed by atoms with Crippen LogP contribution in [0, 0.1) is 22.5 Å². The fourth-order valence-electron chi connectivity index (χ4n) is 1.86. The first-order valence-electron chi connectivity index (χ1n) is 6.95. The SMILES string of the molecule is C#CCOc1ccc([N+](=O)[O-])cc1/C=N\NCc1ccc(Cl)cc1. The van der Waals surface area contributed by atoms with E-state index in [1.165, 1.54) is 24.4 Å². The zero-order chi connectivity index (χ0) is 17.4. The second kappa shape index (κ2) is 8.56. The number of terminal acetylenes is 1. The van der Waals surface area contributed by atoms with Crippen molar-refractivity contribution >= 4 is 23.5 Å². The fourth-order valence-corrected chi connectivity index (χ4v) is 1.98. The maximum absolute atomic E-state index is 10.9. The number of rotatable bonds is 7. The molecule has 0 bridgehead atoms. The van der Waals surface area contributed by atoms with Crippen LogP contribution in [0.4, 0.5) is 5.69 Å². The number of hydrazone groups is 1. The van der Waals surface area contributed by atoms with Crippen LogP contribution in [-0.4, -0.2) is 17.7 Å². The van der Waals surface area contributed by atoms with Crippen LogP contribution in [0.5, 0.6) is 5.75 Å². The molecule has 0 saturated carbocycles. The minimum atomic E-state index is -0.483. The van der Waals surface area contributed by atoms with Gasteiger partial charge in [-0.3, -0.25) is 10.1 Å². The van der Waals surface area contributed by atoms with Gasteiger partial charge >= 0.3 is 0 Å². The zero-order valence-corrected chi connectivity index (χ0v) is 13.4. The standard InChI is InChI=1S/C17H14ClN3O3/c1-2-9-24-17-8-7-16(21(22)23)10-14(17)12-20-19-11-13-3-5-15(18)6-4-13/h1,3-8,10,12,19H,9,11H2/b20-12-. The second-order valence-electron chi connectivity index (χ2n) is 4.69. The van der Waals surface area contributed by atoms with Crippen LogP contribution < -0.4 is 10.2 Å². The number of nitrogens with zero attached hydrogens (tertiary/aromatic N) is 2. The van der Waals surface area contributed by atoms with Gasteiger partial charge in [0.05, 0.1) is 17.7 Å². The van der Waals surface area contributed by atoms with E-state index in [0.29, 0.717) is 22.9 Å². The molecular weight excluding hydrogens is 330 g/mol. The molecule has 122 valence electrons. The number of halogens is 1. The number of benzene rings is 2. The van der Waals surface area contributed by atoms with Crippen molar-refractivity contribution in [1.29, 1.82) is 0 Å². The summed E-state index contributed by atoms with van der Waals surface area (Å²) in [5.41, 5.74) is 4.27. The van der Waals surface area contributed by atoms with Crippen molar-refractivity contribution in [2.24, 2.45) is 5.10 Å². The van der Waals surface area contributed by atoms with Crippen LogP contribution in [0.3, 0.4) is 0 Å². The highest BCUT2D eigenvalue weighted by molar-refractivity contribution is 6.30. The van der Waals surface area contributed by atoms with Gasteiger partial charge in [-0.05, 0) is 23.8 Å². The zero-order valence-electron chi connectivity index (χ0n) is 12.6. The molecule has 1 N–H and O–H groups in total. The van der Waals surface area contributed by atoms with Crippen LogP contribution in [-0.2, 0) is 6.54 Å². The molecule has 0 unspecified atom stereocenters. The van der Waals surface area contributed by atoms with Crippen LogP contribution >= 0.6 is 11.6 Å². The molecule has 0 spiro atoms. The number of nitrogens with one attached hydrogen (secondary N) is 1. The van der Waals surface area contributed by atoms with Gasteiger partial charge < -0.3 is 10.2 Å². The number of non-ortho nitro benzene ring substituents is 1. The molecule has 7 heteroatoms. The number of nitro groups is 1. The summed E-state index contributed by atoms with van der Waals surface area (Å²) in [6.45, 7) is 0.556. The van der Waals surface area contributed by atoms with Crippen LogP contribution in [0.2, 0.25) is 5.02 Å². The molecule has 24 heavy (non-hydrogen) atoms. The molecule has 0 aliphatic rings. The Hall–Kier alpha value is -3.04. The van der Waals surface area contributed by atoms with Crippen molar-refractivity contribution in [2.45, 2.75) is 6.54 Å². The van der Waals surface area contributed by atoms with Gasteiger partial charge in [-0.1, -0.05) is 29.7 Å². The molecule has 0 saturated heterocycles. The highest BCUT2D eigenvalue weighted by atomic mass is 35.5. The van der Waals surface area contributed by atoms with Gasteiger partial charge in [-0.25, -0.2) is 0 Å². The Kier molecular flexibility index (Phi) is 6.17. The molecule has 2 aromatic carbocycles. The van der Waals surface area contributed by atoms with E-state index in [2.05, 4.69) is 16.4 Å². The van der Waals surface area contributed by atoms with Gasteiger partial charge in [0.15, 0.2) is 0 Å². The van der Waals surface area contributed by atoms with Crippen molar-refractivity contribution in [2.75, 3.05) is 6.61 Å². The van der Waals surface area contributed by atoms with E-state index in [1.54, 1.807) is 12.1 Å². The van der Waals surface area contributed by atoms with E-state index in [0.717, 1.165) is 5.56 Å². The molecule has 2 aromatic rings. The maximum atomic E-state index is 10.9. The van der Waals surface area contributed by atoms with Crippen molar-refractivity contribution in [3.8, 4) is 18.1 Å². The Morgan fingerprint density at radius 2 is 2.08 bits per heavy atom. The Balaban J connectivity index is 2.07. The summed E-state index contributed by atoms with van der Waals surface area (Å²) >= 11 is 5.82. The monoisotopic (exact) mass is 343 g/mol. The Labute approximate surface area is 144 Å². The minimum absolute atomic E-state index is 0.0535. The third kappa shape index (κ3) is 5.00. The lowest BCUT2D eigenvalue weighted by atomic mass is 10.2. The summed E-state index contributed by atoms with van der Waals surface area (Å²) in [6, 6.07) is 11.5. The number of hydrogen-bond acceptors (Lipinski definition) is 5. The molecule has 0 amide bonds. The van der Waals surface area contributed by atoms with Crippen LogP contribution in [0.15, 0.2) is 47.6 Å². The highest BCUT2D eigenvalue weighted by Gasteiger charge is 2.10. The third-order valence-electron chi connectivity index (χ3n) is 3.01. The van der Waals surface area contributed by atoms with Crippen molar-refractivity contribution in [3.63, 3.8) is 0 Å². The molecule has 0 fully saturated rings. The molecule has 0 aromatic heterocycles. The molecular formula is C17H14ClN3O3. The highest BCUT2D eigenvalue weighted by Crippen LogP contribution is 2.22. The molecule has 0 radical (unpaired) electrons. The second-order valence-corrected chi connectivity index (χ2v) is 5.13. The largest absolute Gasteiger partial charge is 0.480 e. The summed E-state index contributed by atoms with van der Waals surface area (Å²) in [4.78, 5) is 10.4. The number of hydrogen-bond donors (Lipinski definition) is 1. The average molecular weight is 344 g/mol. The first-order valence-corrected chi connectivity index (χ1v) is 7.33. The van der Waals surface area contributed by atoms with Gasteiger partial charge in [-0.2, -0.15) is 5.10 Å². The normalized spacial score (nSPS) is 10.3. The summed E-state index contributed by atoms with van der Waals surface area (Å²) < 4.78 is 5.36. The number of ether oxygens (including phenoxy) is 1. The van der Waals surface area contributed by atoms with Crippen molar-refractivity contribution in [1.82, 2.24) is 5.43 Å². The van der Waals surface area contributed by atoms with E-state index >= 15 is 0 Å². The summed E-state index contributed by atoms with van der Waals surface area (Å²) in [6.07, 6.45) is 6.62. The molecule has 0 heterocycles. The predicted octanol–water partition coefficient (Wildman–Crippen LogP) is 3.38. The van der Waals surface area contributed by atoms with Gasteiger partial charge in [0, 0.05) is 22.7 Å². The molecule has 6 nitrogen and oxygen atoms in total. The maximum Gasteiger partial charge on any atom is 0.270 e. The van der Waals surface area contributed by atoms with E-state index < -0.39 is 4.92 Å². The van der Waals surface area contributed by atoms with Crippen LogP contribution in [0.25, 0.3) is 0 Å². The molecule has 0 aliphatic heterocycles. The van der Waals surface area contributed by atoms with Gasteiger partial charge in [-0.15, -0.1) is 6.42 Å². The van der Waals surface area contributed by atoms with E-state index in [9.17, 15) is 10.1 Å². The van der Waals surface area contributed by atoms with E-state index in [-0.39, 0.29) is 12.3 Å². The lowest BCUT2D eigenvalue weighted by molar-refractivity contribution is -0.384. The first-order chi connectivity index (χ1) is 11.6. The topological polar surface area (TPSA) is 76.8 Å². The smallest absolute Gasteiger partial charge is 0.270 e. The Morgan fingerprint density at radius 3 is 2.75 bits per heavy atom. The summed E-state index contributed by atoms with van der Waals surface area (Å²) in [5.74, 6) is 2.77. The quantitative estimate of drug-likeness (QED) is 0.362. The molecule has 2 rings (SSSR count). The fraction of sp³-hybridized carbons (Fsp3) is 0.118. The van der Waals surface area contributed by atoms with E-state index in [1.807, 2.05) is 12.1 Å². The summed E-state index contributed by atoms with van der Waals surface area (Å²) in [5, 5.41) is 15.6. The lowest BCUT2D eigenvalue weighted by Crippen LogP contribution is -2.06. The van der Waals surface area contributed by atoms with Gasteiger partial charge in [0.1, 0.15) is 12.4 Å². The third-order valence-corrected chi connectivity index (χ3v) is 3.26. The van der Waals surface area contributed by atoms with E-state index in [4.69, 9.17) is 22.8 Å². The Bertz CT molecular complexity index is 783. The molecule has 0 atom stereocenters. The lowest BCUT2D eigenvalue weighted by Gasteiger charge is -2.06. The first kappa shape index (κ1) is 17.3. The summed E-state index contributed by atoms with van der Waals surface area (Å²) in [7, 11) is 0. The van der Waals surface area contributed by atoms with Gasteiger partial charge in [0.2, 0.25) is 0 Å². The number of nitro benzene ring substituents is 1. The predicted molar refractivity (Wildman–Crippen MR) is 93.3 cm³/mol. The van der Waals surface area contributed by atoms with Gasteiger partial charge in [0.25, 0.3) is 5.69 Å². The van der Waals surface area contributed by atoms with Crippen LogP contribution in [0.1, 0.15) is 11.1 Å². The van der Waals surface area contributed by atoms with Crippen molar-refractivity contribution < 1.29 is 9.66 Å². The minimum Gasteiger partial charge on any atom is -0.480 e.